The maximum Gasteiger partial charge on any atom is 0.356 e. The van der Waals surface area contributed by atoms with Crippen LogP contribution in [0.15, 0.2) is 11.0 Å². The van der Waals surface area contributed by atoms with Gasteiger partial charge in [0.1, 0.15) is 5.69 Å². The standard InChI is InChI=1S/C8H12N2O3/c1-5(2)10-6(7(11)13-3)4-9-8(10)12/h4-5H,1-3H3,(H,9,12). The first-order valence-corrected chi connectivity index (χ1v) is 3.96. The van der Waals surface area contributed by atoms with Crippen LogP contribution < -0.4 is 5.69 Å². The van der Waals surface area contributed by atoms with Crippen LogP contribution >= 0.6 is 0 Å². The molecule has 1 aromatic heterocycles. The highest BCUT2D eigenvalue weighted by atomic mass is 16.5. The summed E-state index contributed by atoms with van der Waals surface area (Å²) in [6.45, 7) is 3.64. The Bertz CT molecular complexity index is 362. The van der Waals surface area contributed by atoms with Gasteiger partial charge in [-0.3, -0.25) is 4.57 Å². The smallest absolute Gasteiger partial charge is 0.356 e. The molecule has 5 nitrogen and oxygen atoms in total. The van der Waals surface area contributed by atoms with Crippen LogP contribution in [0.25, 0.3) is 0 Å². The Morgan fingerprint density at radius 3 is 2.69 bits per heavy atom. The maximum atomic E-state index is 11.2. The molecule has 0 aliphatic carbocycles. The van der Waals surface area contributed by atoms with Gasteiger partial charge in [0.25, 0.3) is 0 Å². The summed E-state index contributed by atoms with van der Waals surface area (Å²) < 4.78 is 5.87. The zero-order valence-electron chi connectivity index (χ0n) is 7.83. The number of carbonyl (C=O) groups is 1. The molecule has 0 amide bonds. The van der Waals surface area contributed by atoms with Crippen LogP contribution in [0.2, 0.25) is 0 Å². The summed E-state index contributed by atoms with van der Waals surface area (Å²) in [5, 5.41) is 0. The Hall–Kier alpha value is -1.52. The van der Waals surface area contributed by atoms with Gasteiger partial charge in [0.15, 0.2) is 0 Å². The SMILES string of the molecule is COC(=O)c1c[nH]c(=O)n1C(C)C. The van der Waals surface area contributed by atoms with E-state index in [4.69, 9.17) is 0 Å². The highest BCUT2D eigenvalue weighted by Gasteiger charge is 2.16. The maximum absolute atomic E-state index is 11.2. The zero-order chi connectivity index (χ0) is 10.0. The van der Waals surface area contributed by atoms with Gasteiger partial charge in [-0.2, -0.15) is 0 Å². The molecule has 1 N–H and O–H groups in total. The Labute approximate surface area is 75.3 Å². The first-order chi connectivity index (χ1) is 6.07. The number of H-pyrrole nitrogens is 1. The largest absolute Gasteiger partial charge is 0.464 e. The number of carbonyl (C=O) groups excluding carboxylic acids is 1. The van der Waals surface area contributed by atoms with E-state index in [9.17, 15) is 9.59 Å². The fraction of sp³-hybridized carbons (Fsp3) is 0.500. The summed E-state index contributed by atoms with van der Waals surface area (Å²) in [5.74, 6) is -0.507. The number of rotatable bonds is 2. The number of hydrogen-bond acceptors (Lipinski definition) is 3. The second kappa shape index (κ2) is 3.47. The average Bonchev–Trinajstić information content (AvgIpc) is 2.45. The Morgan fingerprint density at radius 2 is 2.23 bits per heavy atom. The molecule has 0 aliphatic heterocycles. The van der Waals surface area contributed by atoms with Gasteiger partial charge in [0.05, 0.1) is 7.11 Å². The summed E-state index contributed by atoms with van der Waals surface area (Å²) in [6, 6.07) is -0.0622. The predicted octanol–water partition coefficient (Wildman–Crippen LogP) is 0.544. The number of imidazole rings is 1. The second-order valence-corrected chi connectivity index (χ2v) is 2.93. The molecule has 5 heteroatoms. The molecule has 0 saturated carbocycles. The predicted molar refractivity (Wildman–Crippen MR) is 46.8 cm³/mol. The topological polar surface area (TPSA) is 64.1 Å². The summed E-state index contributed by atoms with van der Waals surface area (Å²) in [5.41, 5.74) is -0.0436. The third-order valence-electron chi connectivity index (χ3n) is 1.72. The lowest BCUT2D eigenvalue weighted by Crippen LogP contribution is -2.23. The Kier molecular flexibility index (Phi) is 2.55. The molecule has 0 unspecified atom stereocenters. The minimum absolute atomic E-state index is 0.0622. The van der Waals surface area contributed by atoms with Crippen LogP contribution in [0.3, 0.4) is 0 Å². The van der Waals surface area contributed by atoms with Crippen LogP contribution in [0.4, 0.5) is 0 Å². The highest BCUT2D eigenvalue weighted by molar-refractivity contribution is 5.87. The van der Waals surface area contributed by atoms with Crippen molar-refractivity contribution in [3.8, 4) is 0 Å². The number of hydrogen-bond donors (Lipinski definition) is 1. The first kappa shape index (κ1) is 9.57. The number of aromatic amines is 1. The molecule has 0 atom stereocenters. The van der Waals surface area contributed by atoms with E-state index in [0.29, 0.717) is 0 Å². The molecule has 0 aliphatic rings. The molecule has 0 saturated heterocycles. The molecule has 1 heterocycles. The Morgan fingerprint density at radius 1 is 1.62 bits per heavy atom. The lowest BCUT2D eigenvalue weighted by molar-refractivity contribution is 0.0586. The van der Waals surface area contributed by atoms with Crippen molar-refractivity contribution in [2.24, 2.45) is 0 Å². The summed E-state index contributed by atoms with van der Waals surface area (Å²) in [6.07, 6.45) is 1.36. The highest BCUT2D eigenvalue weighted by Crippen LogP contribution is 2.05. The van der Waals surface area contributed by atoms with Gasteiger partial charge in [-0.1, -0.05) is 0 Å². The molecule has 13 heavy (non-hydrogen) atoms. The number of methoxy groups -OCH3 is 1. The van der Waals surface area contributed by atoms with Gasteiger partial charge in [0, 0.05) is 12.2 Å². The van der Waals surface area contributed by atoms with E-state index in [1.165, 1.54) is 17.9 Å². The molecule has 0 radical (unpaired) electrons. The second-order valence-electron chi connectivity index (χ2n) is 2.93. The third-order valence-corrected chi connectivity index (χ3v) is 1.72. The first-order valence-electron chi connectivity index (χ1n) is 3.96. The average molecular weight is 184 g/mol. The summed E-state index contributed by atoms with van der Waals surface area (Å²) >= 11 is 0. The van der Waals surface area contributed by atoms with Crippen molar-refractivity contribution in [2.45, 2.75) is 19.9 Å². The van der Waals surface area contributed by atoms with Crippen molar-refractivity contribution in [3.05, 3.63) is 22.4 Å². The monoisotopic (exact) mass is 184 g/mol. The number of nitrogens with one attached hydrogen (secondary N) is 1. The zero-order valence-corrected chi connectivity index (χ0v) is 7.83. The van der Waals surface area contributed by atoms with E-state index in [1.54, 1.807) is 0 Å². The molecule has 0 bridgehead atoms. The van der Waals surface area contributed by atoms with E-state index >= 15 is 0 Å². The van der Waals surface area contributed by atoms with Gasteiger partial charge in [0.2, 0.25) is 0 Å². The van der Waals surface area contributed by atoms with Crippen LogP contribution in [0, 0.1) is 0 Å². The molecule has 0 spiro atoms. The number of ether oxygens (including phenoxy) is 1. The molecule has 0 fully saturated rings. The van der Waals surface area contributed by atoms with E-state index in [0.717, 1.165) is 0 Å². The third kappa shape index (κ3) is 1.63. The quantitative estimate of drug-likeness (QED) is 0.682. The Balaban J connectivity index is 3.23. The van der Waals surface area contributed by atoms with Crippen molar-refractivity contribution in [3.63, 3.8) is 0 Å². The fourth-order valence-electron chi connectivity index (χ4n) is 1.15. The summed E-state index contributed by atoms with van der Waals surface area (Å²) in [7, 11) is 1.28. The van der Waals surface area contributed by atoms with Gasteiger partial charge >= 0.3 is 11.7 Å². The van der Waals surface area contributed by atoms with Crippen molar-refractivity contribution < 1.29 is 9.53 Å². The number of esters is 1. The normalized spacial score (nSPS) is 10.5. The van der Waals surface area contributed by atoms with Crippen molar-refractivity contribution in [2.75, 3.05) is 7.11 Å². The minimum Gasteiger partial charge on any atom is -0.464 e. The van der Waals surface area contributed by atoms with Crippen LogP contribution in [0.5, 0.6) is 0 Å². The molecule has 1 rings (SSSR count). The van der Waals surface area contributed by atoms with Gasteiger partial charge in [-0.05, 0) is 13.8 Å². The van der Waals surface area contributed by atoms with Crippen LogP contribution in [0.1, 0.15) is 30.4 Å². The molecular weight excluding hydrogens is 172 g/mol. The lowest BCUT2D eigenvalue weighted by atomic mass is 10.3. The van der Waals surface area contributed by atoms with Crippen molar-refractivity contribution in [1.82, 2.24) is 9.55 Å². The minimum atomic E-state index is -0.507. The van der Waals surface area contributed by atoms with Crippen LogP contribution in [-0.4, -0.2) is 22.6 Å². The molecule has 1 aromatic rings. The van der Waals surface area contributed by atoms with Gasteiger partial charge in [-0.25, -0.2) is 9.59 Å². The van der Waals surface area contributed by atoms with E-state index in [2.05, 4.69) is 9.72 Å². The number of nitrogens with zero attached hydrogens (tertiary/aromatic N) is 1. The van der Waals surface area contributed by atoms with E-state index in [-0.39, 0.29) is 17.4 Å². The van der Waals surface area contributed by atoms with E-state index in [1.807, 2.05) is 13.8 Å². The number of aromatic nitrogens is 2. The van der Waals surface area contributed by atoms with Crippen LogP contribution in [-0.2, 0) is 4.74 Å². The van der Waals surface area contributed by atoms with Crippen molar-refractivity contribution in [1.29, 1.82) is 0 Å². The fourth-order valence-corrected chi connectivity index (χ4v) is 1.15. The lowest BCUT2D eigenvalue weighted by Gasteiger charge is -2.08. The molecule has 0 aromatic carbocycles. The summed E-state index contributed by atoms with van der Waals surface area (Å²) in [4.78, 5) is 24.8. The van der Waals surface area contributed by atoms with Gasteiger partial charge < -0.3 is 9.72 Å². The molecular formula is C8H12N2O3. The van der Waals surface area contributed by atoms with Gasteiger partial charge in [-0.15, -0.1) is 0 Å². The van der Waals surface area contributed by atoms with E-state index < -0.39 is 5.97 Å². The molecule has 72 valence electrons. The van der Waals surface area contributed by atoms with Crippen molar-refractivity contribution >= 4 is 5.97 Å².